The van der Waals surface area contributed by atoms with Crippen molar-refractivity contribution in [2.24, 2.45) is 0 Å². The van der Waals surface area contributed by atoms with Crippen LogP contribution in [-0.4, -0.2) is 19.3 Å². The first-order valence-electron chi connectivity index (χ1n) is 5.62. The quantitative estimate of drug-likeness (QED) is 0.880. The minimum Gasteiger partial charge on any atom is -0.355 e. The Kier molecular flexibility index (Phi) is 3.98. The number of nitrogens with one attached hydrogen (secondary N) is 1. The van der Waals surface area contributed by atoms with E-state index in [9.17, 15) is 0 Å². The summed E-state index contributed by atoms with van der Waals surface area (Å²) in [6, 6.07) is 0. The molecule has 0 fully saturated rings. The second-order valence-corrected chi connectivity index (χ2v) is 4.52. The summed E-state index contributed by atoms with van der Waals surface area (Å²) in [6.07, 6.45) is 5.54. The third-order valence-electron chi connectivity index (χ3n) is 2.20. The van der Waals surface area contributed by atoms with Gasteiger partial charge in [-0.05, 0) is 13.3 Å². The van der Waals surface area contributed by atoms with Gasteiger partial charge in [0.2, 0.25) is 5.13 Å². The van der Waals surface area contributed by atoms with Crippen LogP contribution in [0.3, 0.4) is 0 Å². The second kappa shape index (κ2) is 5.67. The largest absolute Gasteiger partial charge is 0.355 e. The molecule has 0 saturated heterocycles. The van der Waals surface area contributed by atoms with Gasteiger partial charge in [0, 0.05) is 24.2 Å². The molecule has 90 valence electrons. The van der Waals surface area contributed by atoms with Crippen molar-refractivity contribution in [3.63, 3.8) is 0 Å². The van der Waals surface area contributed by atoms with E-state index in [1.54, 1.807) is 12.4 Å². The molecule has 0 aliphatic heterocycles. The Labute approximate surface area is 105 Å². The van der Waals surface area contributed by atoms with Gasteiger partial charge in [0.15, 0.2) is 0 Å². The fourth-order valence-corrected chi connectivity index (χ4v) is 1.93. The number of hydrogen-bond donors (Lipinski definition) is 1. The van der Waals surface area contributed by atoms with Gasteiger partial charge in [0.05, 0.1) is 24.1 Å². The first kappa shape index (κ1) is 11.9. The van der Waals surface area contributed by atoms with Crippen molar-refractivity contribution < 1.29 is 0 Å². The van der Waals surface area contributed by atoms with E-state index in [0.717, 1.165) is 35.2 Å². The average molecular weight is 249 g/mol. The van der Waals surface area contributed by atoms with Crippen LogP contribution in [0.2, 0.25) is 0 Å². The predicted molar refractivity (Wildman–Crippen MR) is 68.0 cm³/mol. The Morgan fingerprint density at radius 2 is 2.18 bits per heavy atom. The van der Waals surface area contributed by atoms with E-state index in [4.69, 9.17) is 0 Å². The molecule has 0 unspecified atom stereocenters. The molecule has 0 radical (unpaired) electrons. The molecule has 5 nitrogen and oxygen atoms in total. The fraction of sp³-hybridized carbons (Fsp3) is 0.455. The minimum atomic E-state index is 0.633. The molecule has 0 saturated carbocycles. The molecule has 17 heavy (non-hydrogen) atoms. The van der Waals surface area contributed by atoms with Crippen molar-refractivity contribution in [1.29, 1.82) is 0 Å². The second-order valence-electron chi connectivity index (χ2n) is 3.77. The normalized spacial score (nSPS) is 10.5. The van der Waals surface area contributed by atoms with Crippen molar-refractivity contribution in [3.8, 4) is 0 Å². The Hall–Kier alpha value is -1.56. The highest BCUT2D eigenvalue weighted by molar-refractivity contribution is 7.09. The number of hydrogen-bond acceptors (Lipinski definition) is 6. The highest BCUT2D eigenvalue weighted by Gasteiger charge is 2.03. The monoisotopic (exact) mass is 249 g/mol. The van der Waals surface area contributed by atoms with Gasteiger partial charge in [-0.1, -0.05) is 6.92 Å². The van der Waals surface area contributed by atoms with Gasteiger partial charge < -0.3 is 5.32 Å². The molecule has 2 aromatic rings. The number of aryl methyl sites for hydroxylation is 2. The van der Waals surface area contributed by atoms with Gasteiger partial charge in [-0.3, -0.25) is 9.97 Å². The van der Waals surface area contributed by atoms with Crippen LogP contribution in [-0.2, 0) is 13.0 Å². The zero-order chi connectivity index (χ0) is 12.1. The topological polar surface area (TPSA) is 63.6 Å². The molecular formula is C11H15N5S. The van der Waals surface area contributed by atoms with Gasteiger partial charge in [-0.25, -0.2) is 4.98 Å². The van der Waals surface area contributed by atoms with E-state index in [-0.39, 0.29) is 0 Å². The van der Waals surface area contributed by atoms with Gasteiger partial charge in [0.25, 0.3) is 0 Å². The van der Waals surface area contributed by atoms with Gasteiger partial charge in [-0.15, -0.1) is 0 Å². The highest BCUT2D eigenvalue weighted by Crippen LogP contribution is 2.12. The number of rotatable bonds is 5. The van der Waals surface area contributed by atoms with E-state index in [1.807, 2.05) is 6.92 Å². The SMILES string of the molecule is CCCc1nsc(NCc2cnc(C)cn2)n1. The molecule has 6 heteroatoms. The molecule has 0 aliphatic carbocycles. The summed E-state index contributed by atoms with van der Waals surface area (Å²) in [5.41, 5.74) is 1.83. The lowest BCUT2D eigenvalue weighted by Crippen LogP contribution is -2.02. The Balaban J connectivity index is 1.90. The molecule has 0 amide bonds. The summed E-state index contributed by atoms with van der Waals surface area (Å²) in [4.78, 5) is 12.8. The van der Waals surface area contributed by atoms with Crippen LogP contribution >= 0.6 is 11.5 Å². The van der Waals surface area contributed by atoms with Crippen LogP contribution in [0.1, 0.15) is 30.6 Å². The molecular weight excluding hydrogens is 234 g/mol. The maximum atomic E-state index is 4.38. The summed E-state index contributed by atoms with van der Waals surface area (Å²) < 4.78 is 4.26. The summed E-state index contributed by atoms with van der Waals surface area (Å²) in [5.74, 6) is 0.912. The Morgan fingerprint density at radius 3 is 2.88 bits per heavy atom. The number of anilines is 1. The minimum absolute atomic E-state index is 0.633. The molecule has 0 aliphatic rings. The van der Waals surface area contributed by atoms with Crippen LogP contribution in [0.15, 0.2) is 12.4 Å². The standard InChI is InChI=1S/C11H15N5S/c1-3-4-10-15-11(17-16-10)14-7-9-6-12-8(2)5-13-9/h5-6H,3-4,7H2,1-2H3,(H,14,15,16). The average Bonchev–Trinajstić information content (AvgIpc) is 2.77. The Morgan fingerprint density at radius 1 is 1.29 bits per heavy atom. The van der Waals surface area contributed by atoms with E-state index in [2.05, 4.69) is 31.6 Å². The van der Waals surface area contributed by atoms with Crippen molar-refractivity contribution in [3.05, 3.63) is 29.6 Å². The summed E-state index contributed by atoms with van der Waals surface area (Å²) >= 11 is 1.39. The molecule has 0 bridgehead atoms. The first-order chi connectivity index (χ1) is 8.28. The molecule has 2 aromatic heterocycles. The summed E-state index contributed by atoms with van der Waals surface area (Å²) in [7, 11) is 0. The van der Waals surface area contributed by atoms with Gasteiger partial charge >= 0.3 is 0 Å². The molecule has 2 heterocycles. The molecule has 2 rings (SSSR count). The molecule has 0 atom stereocenters. The smallest absolute Gasteiger partial charge is 0.202 e. The van der Waals surface area contributed by atoms with Gasteiger partial charge in [-0.2, -0.15) is 4.37 Å². The zero-order valence-corrected chi connectivity index (χ0v) is 10.8. The first-order valence-corrected chi connectivity index (χ1v) is 6.39. The van der Waals surface area contributed by atoms with Crippen LogP contribution in [0.25, 0.3) is 0 Å². The fourth-order valence-electron chi connectivity index (χ4n) is 1.33. The predicted octanol–water partition coefficient (Wildman–Crippen LogP) is 2.20. The molecule has 0 aromatic carbocycles. The van der Waals surface area contributed by atoms with Crippen LogP contribution in [0.5, 0.6) is 0 Å². The third kappa shape index (κ3) is 3.45. The lowest BCUT2D eigenvalue weighted by atomic mass is 10.3. The van der Waals surface area contributed by atoms with Gasteiger partial charge in [0.1, 0.15) is 5.82 Å². The number of aromatic nitrogens is 4. The van der Waals surface area contributed by atoms with Crippen molar-refractivity contribution in [2.45, 2.75) is 33.2 Å². The Bertz CT molecular complexity index is 465. The number of nitrogens with zero attached hydrogens (tertiary/aromatic N) is 4. The highest BCUT2D eigenvalue weighted by atomic mass is 32.1. The van der Waals surface area contributed by atoms with Crippen molar-refractivity contribution in [1.82, 2.24) is 19.3 Å². The van der Waals surface area contributed by atoms with E-state index in [1.165, 1.54) is 11.5 Å². The van der Waals surface area contributed by atoms with Crippen molar-refractivity contribution >= 4 is 16.7 Å². The van der Waals surface area contributed by atoms with Crippen LogP contribution in [0.4, 0.5) is 5.13 Å². The summed E-state index contributed by atoms with van der Waals surface area (Å²) in [5, 5.41) is 4.04. The zero-order valence-electron chi connectivity index (χ0n) is 9.97. The van der Waals surface area contributed by atoms with E-state index < -0.39 is 0 Å². The third-order valence-corrected chi connectivity index (χ3v) is 2.91. The lowest BCUT2D eigenvalue weighted by Gasteiger charge is -2.00. The van der Waals surface area contributed by atoms with Crippen molar-refractivity contribution in [2.75, 3.05) is 5.32 Å². The lowest BCUT2D eigenvalue weighted by molar-refractivity contribution is 0.860. The molecule has 1 N–H and O–H groups in total. The maximum absolute atomic E-state index is 4.38. The van der Waals surface area contributed by atoms with Crippen LogP contribution in [0, 0.1) is 6.92 Å². The van der Waals surface area contributed by atoms with Crippen LogP contribution < -0.4 is 5.32 Å². The maximum Gasteiger partial charge on any atom is 0.202 e. The molecule has 0 spiro atoms. The summed E-state index contributed by atoms with van der Waals surface area (Å²) in [6.45, 7) is 4.68. The van der Waals surface area contributed by atoms with E-state index in [0.29, 0.717) is 6.54 Å². The van der Waals surface area contributed by atoms with E-state index >= 15 is 0 Å².